The van der Waals surface area contributed by atoms with Gasteiger partial charge in [0.25, 0.3) is 0 Å². The van der Waals surface area contributed by atoms with Crippen molar-refractivity contribution in [3.63, 3.8) is 0 Å². The van der Waals surface area contributed by atoms with E-state index in [2.05, 4.69) is 192 Å². The Bertz CT molecular complexity index is 2800. The van der Waals surface area contributed by atoms with E-state index in [0.29, 0.717) is 0 Å². The Morgan fingerprint density at radius 3 is 1.62 bits per heavy atom. The summed E-state index contributed by atoms with van der Waals surface area (Å²) in [6.45, 7) is 0. The molecule has 2 aromatic heterocycles. The number of hydrogen-bond donors (Lipinski definition) is 0. The molecule has 0 unspecified atom stereocenters. The van der Waals surface area contributed by atoms with Gasteiger partial charge in [-0.15, -0.1) is 11.3 Å². The molecule has 2 heterocycles. The maximum Gasteiger partial charge on any atom is 0.135 e. The largest absolute Gasteiger partial charge is 0.456 e. The molecule has 0 fully saturated rings. The Balaban J connectivity index is 1.12. The lowest BCUT2D eigenvalue weighted by atomic mass is 9.97. The van der Waals surface area contributed by atoms with Crippen molar-refractivity contribution in [1.29, 1.82) is 0 Å². The second-order valence-corrected chi connectivity index (χ2v) is 14.0. The van der Waals surface area contributed by atoms with Crippen LogP contribution in [0.5, 0.6) is 0 Å². The average Bonchev–Trinajstić information content (AvgIpc) is 3.79. The first kappa shape index (κ1) is 30.2. The van der Waals surface area contributed by atoms with Gasteiger partial charge in [-0.05, 0) is 96.1 Å². The summed E-state index contributed by atoms with van der Waals surface area (Å²) in [7, 11) is 0. The zero-order valence-electron chi connectivity index (χ0n) is 28.2. The van der Waals surface area contributed by atoms with Crippen molar-refractivity contribution >= 4 is 87.6 Å². The Kier molecular flexibility index (Phi) is 7.33. The smallest absolute Gasteiger partial charge is 0.135 e. The number of para-hydroxylation sites is 4. The molecule has 0 aliphatic rings. The van der Waals surface area contributed by atoms with Gasteiger partial charge in [-0.3, -0.25) is 0 Å². The van der Waals surface area contributed by atoms with E-state index in [1.165, 1.54) is 37.0 Å². The summed E-state index contributed by atoms with van der Waals surface area (Å²) < 4.78 is 8.72. The number of nitrogens with zero attached hydrogens (tertiary/aromatic N) is 2. The summed E-state index contributed by atoms with van der Waals surface area (Å²) in [5.41, 5.74) is 10.9. The predicted octanol–water partition coefficient (Wildman–Crippen LogP) is 14.6. The second-order valence-electron chi connectivity index (χ2n) is 12.9. The van der Waals surface area contributed by atoms with Crippen molar-refractivity contribution < 1.29 is 4.42 Å². The van der Waals surface area contributed by atoms with Gasteiger partial charge in [-0.25, -0.2) is 0 Å². The van der Waals surface area contributed by atoms with E-state index in [0.717, 1.165) is 50.4 Å². The van der Waals surface area contributed by atoms with Crippen LogP contribution in [0, 0.1) is 0 Å². The van der Waals surface area contributed by atoms with Gasteiger partial charge in [0.1, 0.15) is 11.2 Å². The summed E-state index contributed by atoms with van der Waals surface area (Å²) in [6, 6.07) is 69.0. The zero-order chi connectivity index (χ0) is 34.4. The molecule has 246 valence electrons. The Labute approximate surface area is 305 Å². The molecule has 10 aromatic rings. The fourth-order valence-corrected chi connectivity index (χ4v) is 8.71. The van der Waals surface area contributed by atoms with Gasteiger partial charge in [-0.2, -0.15) is 0 Å². The second kappa shape index (κ2) is 12.6. The third-order valence-corrected chi connectivity index (χ3v) is 11.0. The standard InChI is InChI=1S/C48H32N2OS/c1-4-14-34(15-5-1)49(38-28-31-45-42(32-38)40-20-10-12-22-44(40)51-45)37-26-24-33(25-27-37)39-29-30-43(48-47(39)41-21-11-13-23-46(41)52-48)50(35-16-6-2-7-17-35)36-18-8-3-9-19-36/h1-32H. The highest BCUT2D eigenvalue weighted by molar-refractivity contribution is 7.26. The average molecular weight is 685 g/mol. The lowest BCUT2D eigenvalue weighted by Crippen LogP contribution is -2.10. The zero-order valence-corrected chi connectivity index (χ0v) is 29.0. The van der Waals surface area contributed by atoms with Gasteiger partial charge in [0, 0.05) is 54.7 Å². The van der Waals surface area contributed by atoms with Gasteiger partial charge < -0.3 is 14.2 Å². The van der Waals surface area contributed by atoms with Gasteiger partial charge in [0.15, 0.2) is 0 Å². The predicted molar refractivity (Wildman–Crippen MR) is 221 cm³/mol. The number of fused-ring (bicyclic) bond motifs is 6. The molecule has 0 atom stereocenters. The van der Waals surface area contributed by atoms with E-state index in [-0.39, 0.29) is 0 Å². The molecule has 4 heteroatoms. The minimum Gasteiger partial charge on any atom is -0.456 e. The number of thiophene rings is 1. The van der Waals surface area contributed by atoms with E-state index in [1.807, 2.05) is 23.5 Å². The first-order valence-corrected chi connectivity index (χ1v) is 18.3. The summed E-state index contributed by atoms with van der Waals surface area (Å²) in [6.07, 6.45) is 0. The minimum absolute atomic E-state index is 0.891. The molecule has 0 saturated heterocycles. The Hall–Kier alpha value is -6.62. The molecule has 0 aliphatic heterocycles. The molecule has 0 radical (unpaired) electrons. The molecule has 8 aromatic carbocycles. The number of rotatable bonds is 7. The lowest BCUT2D eigenvalue weighted by molar-refractivity contribution is 0.669. The minimum atomic E-state index is 0.891. The maximum atomic E-state index is 6.17. The van der Waals surface area contributed by atoms with Crippen molar-refractivity contribution in [2.75, 3.05) is 9.80 Å². The van der Waals surface area contributed by atoms with Crippen LogP contribution >= 0.6 is 11.3 Å². The molecule has 10 rings (SSSR count). The Morgan fingerprint density at radius 2 is 0.923 bits per heavy atom. The molecule has 0 saturated carbocycles. The van der Waals surface area contributed by atoms with Crippen LogP contribution in [0.2, 0.25) is 0 Å². The molecule has 0 aliphatic carbocycles. The fraction of sp³-hybridized carbons (Fsp3) is 0. The van der Waals surface area contributed by atoms with E-state index in [1.54, 1.807) is 0 Å². The first-order chi connectivity index (χ1) is 25.8. The highest BCUT2D eigenvalue weighted by Crippen LogP contribution is 2.48. The number of benzene rings is 8. The number of anilines is 6. The van der Waals surface area contributed by atoms with Crippen LogP contribution < -0.4 is 9.80 Å². The third kappa shape index (κ3) is 5.12. The summed E-state index contributed by atoms with van der Waals surface area (Å²) >= 11 is 1.86. The third-order valence-electron chi connectivity index (χ3n) is 9.84. The van der Waals surface area contributed by atoms with Crippen molar-refractivity contribution in [2.24, 2.45) is 0 Å². The monoisotopic (exact) mass is 684 g/mol. The maximum absolute atomic E-state index is 6.17. The molecule has 0 spiro atoms. The summed E-state index contributed by atoms with van der Waals surface area (Å²) in [4.78, 5) is 4.70. The Morgan fingerprint density at radius 1 is 0.385 bits per heavy atom. The van der Waals surface area contributed by atoms with Crippen molar-refractivity contribution in [3.05, 3.63) is 194 Å². The molecule has 0 amide bonds. The van der Waals surface area contributed by atoms with Crippen molar-refractivity contribution in [1.82, 2.24) is 0 Å². The number of furan rings is 1. The van der Waals surface area contributed by atoms with Gasteiger partial charge >= 0.3 is 0 Å². The van der Waals surface area contributed by atoms with E-state index in [4.69, 9.17) is 4.42 Å². The van der Waals surface area contributed by atoms with Gasteiger partial charge in [0.05, 0.1) is 10.4 Å². The van der Waals surface area contributed by atoms with Crippen LogP contribution in [0.1, 0.15) is 0 Å². The topological polar surface area (TPSA) is 19.6 Å². The first-order valence-electron chi connectivity index (χ1n) is 17.5. The van der Waals surface area contributed by atoms with Crippen LogP contribution in [0.3, 0.4) is 0 Å². The van der Waals surface area contributed by atoms with E-state index >= 15 is 0 Å². The molecular formula is C48H32N2OS. The molecular weight excluding hydrogens is 653 g/mol. The van der Waals surface area contributed by atoms with Crippen LogP contribution in [0.25, 0.3) is 53.2 Å². The van der Waals surface area contributed by atoms with Crippen LogP contribution in [-0.2, 0) is 0 Å². The van der Waals surface area contributed by atoms with Gasteiger partial charge in [-0.1, -0.05) is 109 Å². The summed E-state index contributed by atoms with van der Waals surface area (Å²) in [5, 5.41) is 4.78. The quantitative estimate of drug-likeness (QED) is 0.167. The highest BCUT2D eigenvalue weighted by atomic mass is 32.1. The molecule has 0 N–H and O–H groups in total. The molecule has 52 heavy (non-hydrogen) atoms. The van der Waals surface area contributed by atoms with Crippen LogP contribution in [0.4, 0.5) is 34.1 Å². The van der Waals surface area contributed by atoms with E-state index < -0.39 is 0 Å². The van der Waals surface area contributed by atoms with Crippen LogP contribution in [-0.4, -0.2) is 0 Å². The van der Waals surface area contributed by atoms with Crippen molar-refractivity contribution in [2.45, 2.75) is 0 Å². The fourth-order valence-electron chi connectivity index (χ4n) is 7.48. The lowest BCUT2D eigenvalue weighted by Gasteiger charge is -2.27. The van der Waals surface area contributed by atoms with Crippen LogP contribution in [0.15, 0.2) is 199 Å². The summed E-state index contributed by atoms with van der Waals surface area (Å²) in [5.74, 6) is 0. The molecule has 3 nitrogen and oxygen atoms in total. The number of hydrogen-bond acceptors (Lipinski definition) is 4. The SMILES string of the molecule is c1ccc(N(c2ccc(-c3ccc(N(c4ccccc4)c4ccccc4)c4sc5ccccc5c34)cc2)c2ccc3oc4ccccc4c3c2)cc1. The van der Waals surface area contributed by atoms with Gasteiger partial charge in [0.2, 0.25) is 0 Å². The van der Waals surface area contributed by atoms with Crippen molar-refractivity contribution in [3.8, 4) is 11.1 Å². The molecule has 0 bridgehead atoms. The normalized spacial score (nSPS) is 11.5. The van der Waals surface area contributed by atoms with E-state index in [9.17, 15) is 0 Å². The highest BCUT2D eigenvalue weighted by Gasteiger charge is 2.21.